The van der Waals surface area contributed by atoms with E-state index in [-0.39, 0.29) is 0 Å². The zero-order valence-corrected chi connectivity index (χ0v) is 14.3. The van der Waals surface area contributed by atoms with Crippen LogP contribution in [0.4, 0.5) is 5.69 Å². The molecule has 0 heterocycles. The Morgan fingerprint density at radius 2 is 1.76 bits per heavy atom. The molecular formula is C15H24N2O2S2. The topological polar surface area (TPSA) is 58.2 Å². The Balaban J connectivity index is 2.00. The van der Waals surface area contributed by atoms with Crippen LogP contribution in [0.25, 0.3) is 0 Å². The quantitative estimate of drug-likeness (QED) is 0.842. The molecule has 0 saturated heterocycles. The highest BCUT2D eigenvalue weighted by Crippen LogP contribution is 2.38. The molecule has 0 aromatic heterocycles. The van der Waals surface area contributed by atoms with Gasteiger partial charge < -0.3 is 5.32 Å². The standard InChI is InChI=1S/C15H24N2O2S2/c1-16-21(18,19)14-8-6-13(7-9-14)17-12-15(20-2)10-4-3-5-11-15/h6-9,16-17H,3-5,10-12H2,1-2H3. The SMILES string of the molecule is CNS(=O)(=O)c1ccc(NCC2(SC)CCCCC2)cc1. The molecule has 0 aliphatic heterocycles. The zero-order valence-electron chi connectivity index (χ0n) is 12.7. The number of hydrogen-bond acceptors (Lipinski definition) is 4. The Morgan fingerprint density at radius 1 is 1.14 bits per heavy atom. The fourth-order valence-corrected chi connectivity index (χ4v) is 4.43. The number of rotatable bonds is 6. The number of sulfonamides is 1. The van der Waals surface area contributed by atoms with Crippen LogP contribution in [0.5, 0.6) is 0 Å². The summed E-state index contributed by atoms with van der Waals surface area (Å²) in [5, 5.41) is 3.47. The maximum atomic E-state index is 11.7. The van der Waals surface area contributed by atoms with Gasteiger partial charge in [0.05, 0.1) is 4.90 Å². The lowest BCUT2D eigenvalue weighted by Gasteiger charge is -2.36. The minimum Gasteiger partial charge on any atom is -0.384 e. The van der Waals surface area contributed by atoms with E-state index in [1.54, 1.807) is 12.1 Å². The first-order valence-corrected chi connectivity index (χ1v) is 10.0. The second kappa shape index (κ2) is 7.03. The van der Waals surface area contributed by atoms with Gasteiger partial charge in [0.2, 0.25) is 10.0 Å². The van der Waals surface area contributed by atoms with Crippen LogP contribution < -0.4 is 10.0 Å². The van der Waals surface area contributed by atoms with E-state index in [1.807, 2.05) is 23.9 Å². The second-order valence-electron chi connectivity index (χ2n) is 5.53. The molecule has 1 aromatic carbocycles. The smallest absolute Gasteiger partial charge is 0.240 e. The van der Waals surface area contributed by atoms with Gasteiger partial charge in [-0.25, -0.2) is 13.1 Å². The van der Waals surface area contributed by atoms with Gasteiger partial charge in [-0.05, 0) is 50.4 Å². The second-order valence-corrected chi connectivity index (χ2v) is 8.69. The molecule has 2 rings (SSSR count). The minimum absolute atomic E-state index is 0.299. The van der Waals surface area contributed by atoms with E-state index in [0.29, 0.717) is 9.64 Å². The van der Waals surface area contributed by atoms with Gasteiger partial charge in [0.1, 0.15) is 0 Å². The Kier molecular flexibility index (Phi) is 5.57. The molecule has 1 aromatic rings. The summed E-state index contributed by atoms with van der Waals surface area (Å²) in [5.41, 5.74) is 0.976. The Morgan fingerprint density at radius 3 is 2.29 bits per heavy atom. The average molecular weight is 329 g/mol. The Bertz CT molecular complexity index is 550. The van der Waals surface area contributed by atoms with Crippen molar-refractivity contribution in [1.82, 2.24) is 4.72 Å². The normalized spacial score (nSPS) is 18.4. The average Bonchev–Trinajstić information content (AvgIpc) is 2.54. The van der Waals surface area contributed by atoms with Crippen LogP contribution >= 0.6 is 11.8 Å². The van der Waals surface area contributed by atoms with Gasteiger partial charge in [-0.3, -0.25) is 0 Å². The van der Waals surface area contributed by atoms with Crippen LogP contribution in [0.3, 0.4) is 0 Å². The van der Waals surface area contributed by atoms with Crippen LogP contribution in [-0.4, -0.2) is 33.0 Å². The first-order chi connectivity index (χ1) is 10.0. The van der Waals surface area contributed by atoms with E-state index < -0.39 is 10.0 Å². The molecule has 4 nitrogen and oxygen atoms in total. The summed E-state index contributed by atoms with van der Waals surface area (Å²) in [6, 6.07) is 6.95. The highest BCUT2D eigenvalue weighted by atomic mass is 32.2. The van der Waals surface area contributed by atoms with E-state index in [4.69, 9.17) is 0 Å². The lowest BCUT2D eigenvalue weighted by Crippen LogP contribution is -2.35. The van der Waals surface area contributed by atoms with Crippen LogP contribution in [0.15, 0.2) is 29.2 Å². The minimum atomic E-state index is -3.35. The molecule has 6 heteroatoms. The maximum absolute atomic E-state index is 11.7. The molecule has 0 amide bonds. The van der Waals surface area contributed by atoms with Crippen molar-refractivity contribution >= 4 is 27.5 Å². The van der Waals surface area contributed by atoms with Crippen molar-refractivity contribution in [2.24, 2.45) is 0 Å². The van der Waals surface area contributed by atoms with Crippen LogP contribution in [-0.2, 0) is 10.0 Å². The van der Waals surface area contributed by atoms with Crippen molar-refractivity contribution in [3.63, 3.8) is 0 Å². The zero-order chi connectivity index (χ0) is 15.3. The van der Waals surface area contributed by atoms with Gasteiger partial charge in [-0.2, -0.15) is 11.8 Å². The summed E-state index contributed by atoms with van der Waals surface area (Å²) in [6.45, 7) is 0.937. The van der Waals surface area contributed by atoms with Gasteiger partial charge >= 0.3 is 0 Å². The molecule has 1 saturated carbocycles. The third-order valence-electron chi connectivity index (χ3n) is 4.25. The van der Waals surface area contributed by atoms with Crippen molar-refractivity contribution in [1.29, 1.82) is 0 Å². The fourth-order valence-electron chi connectivity index (χ4n) is 2.78. The van der Waals surface area contributed by atoms with E-state index >= 15 is 0 Å². The molecule has 1 fully saturated rings. The van der Waals surface area contributed by atoms with Gasteiger partial charge in [0.15, 0.2) is 0 Å². The van der Waals surface area contributed by atoms with E-state index in [9.17, 15) is 8.42 Å². The van der Waals surface area contributed by atoms with Gasteiger partial charge in [0, 0.05) is 17.0 Å². The predicted molar refractivity (Wildman–Crippen MR) is 90.5 cm³/mol. The van der Waals surface area contributed by atoms with Crippen molar-refractivity contribution in [2.75, 3.05) is 25.2 Å². The summed E-state index contributed by atoms with van der Waals surface area (Å²) in [6.07, 6.45) is 8.67. The Hall–Kier alpha value is -0.720. The van der Waals surface area contributed by atoms with Crippen LogP contribution in [0.2, 0.25) is 0 Å². The lowest BCUT2D eigenvalue weighted by molar-refractivity contribution is 0.411. The monoisotopic (exact) mass is 328 g/mol. The molecule has 0 spiro atoms. The molecule has 21 heavy (non-hydrogen) atoms. The third kappa shape index (κ3) is 4.14. The van der Waals surface area contributed by atoms with Gasteiger partial charge in [-0.1, -0.05) is 19.3 Å². The molecule has 1 aliphatic rings. The van der Waals surface area contributed by atoms with Gasteiger partial charge in [-0.15, -0.1) is 0 Å². The summed E-state index contributed by atoms with van der Waals surface area (Å²) in [7, 11) is -1.93. The third-order valence-corrected chi connectivity index (χ3v) is 7.09. The lowest BCUT2D eigenvalue weighted by atomic mass is 9.88. The van der Waals surface area contributed by atoms with E-state index in [2.05, 4.69) is 16.3 Å². The molecule has 1 aliphatic carbocycles. The van der Waals surface area contributed by atoms with Crippen molar-refractivity contribution in [3.05, 3.63) is 24.3 Å². The van der Waals surface area contributed by atoms with Crippen molar-refractivity contribution in [3.8, 4) is 0 Å². The van der Waals surface area contributed by atoms with E-state index in [0.717, 1.165) is 12.2 Å². The molecule has 2 N–H and O–H groups in total. The number of nitrogens with one attached hydrogen (secondary N) is 2. The van der Waals surface area contributed by atoms with Crippen LogP contribution in [0.1, 0.15) is 32.1 Å². The first kappa shape index (κ1) is 16.6. The van der Waals surface area contributed by atoms with Crippen molar-refractivity contribution < 1.29 is 8.42 Å². The summed E-state index contributed by atoms with van der Waals surface area (Å²) in [4.78, 5) is 0.299. The Labute approximate surface area is 132 Å². The fraction of sp³-hybridized carbons (Fsp3) is 0.600. The molecule has 0 radical (unpaired) electrons. The number of anilines is 1. The van der Waals surface area contributed by atoms with E-state index in [1.165, 1.54) is 39.2 Å². The summed E-state index contributed by atoms with van der Waals surface area (Å²) in [5.74, 6) is 0. The first-order valence-electron chi connectivity index (χ1n) is 7.34. The van der Waals surface area contributed by atoms with Gasteiger partial charge in [0.25, 0.3) is 0 Å². The highest BCUT2D eigenvalue weighted by molar-refractivity contribution is 8.00. The van der Waals surface area contributed by atoms with Crippen LogP contribution in [0, 0.1) is 0 Å². The largest absolute Gasteiger partial charge is 0.384 e. The van der Waals surface area contributed by atoms with Crippen molar-refractivity contribution in [2.45, 2.75) is 41.7 Å². The predicted octanol–water partition coefficient (Wildman–Crippen LogP) is 3.07. The molecule has 0 atom stereocenters. The highest BCUT2D eigenvalue weighted by Gasteiger charge is 2.30. The number of thioether (sulfide) groups is 1. The molecule has 0 bridgehead atoms. The molecule has 118 valence electrons. The maximum Gasteiger partial charge on any atom is 0.240 e. The summed E-state index contributed by atoms with van der Waals surface area (Å²) < 4.78 is 26.0. The number of benzene rings is 1. The number of hydrogen-bond donors (Lipinski definition) is 2. The molecular weight excluding hydrogens is 304 g/mol. The molecule has 0 unspecified atom stereocenters. The summed E-state index contributed by atoms with van der Waals surface area (Å²) >= 11 is 1.96.